The SMILES string of the molecule is C[C@H](CNC(=O)Nc1nncs1)c1ccccc1. The number of rotatable bonds is 4. The predicted molar refractivity (Wildman–Crippen MR) is 71.8 cm³/mol. The van der Waals surface area contributed by atoms with Gasteiger partial charge in [0, 0.05) is 6.54 Å². The maximum atomic E-state index is 11.6. The van der Waals surface area contributed by atoms with Crippen molar-refractivity contribution in [2.24, 2.45) is 0 Å². The van der Waals surface area contributed by atoms with Crippen LogP contribution in [-0.2, 0) is 0 Å². The Morgan fingerprint density at radius 3 is 2.83 bits per heavy atom. The average Bonchev–Trinajstić information content (AvgIpc) is 2.90. The van der Waals surface area contributed by atoms with Crippen LogP contribution < -0.4 is 10.6 Å². The quantitative estimate of drug-likeness (QED) is 0.889. The van der Waals surface area contributed by atoms with Crippen molar-refractivity contribution in [2.75, 3.05) is 11.9 Å². The number of nitrogens with zero attached hydrogens (tertiary/aromatic N) is 2. The van der Waals surface area contributed by atoms with Gasteiger partial charge in [0.15, 0.2) is 0 Å². The molecule has 18 heavy (non-hydrogen) atoms. The zero-order chi connectivity index (χ0) is 12.8. The highest BCUT2D eigenvalue weighted by molar-refractivity contribution is 7.13. The van der Waals surface area contributed by atoms with Crippen LogP contribution in [0.2, 0.25) is 0 Å². The summed E-state index contributed by atoms with van der Waals surface area (Å²) in [5.74, 6) is 0.270. The van der Waals surface area contributed by atoms with E-state index in [2.05, 4.69) is 39.9 Å². The molecular weight excluding hydrogens is 248 g/mol. The molecule has 2 aromatic rings. The van der Waals surface area contributed by atoms with Crippen LogP contribution in [0.15, 0.2) is 35.8 Å². The Labute approximate surface area is 109 Å². The number of carbonyl (C=O) groups excluding carboxylic acids is 1. The predicted octanol–water partition coefficient (Wildman–Crippen LogP) is 2.46. The van der Waals surface area contributed by atoms with Crippen molar-refractivity contribution in [2.45, 2.75) is 12.8 Å². The second-order valence-corrected chi connectivity index (χ2v) is 4.72. The summed E-state index contributed by atoms with van der Waals surface area (Å²) in [5, 5.41) is 13.3. The molecule has 0 bridgehead atoms. The zero-order valence-electron chi connectivity index (χ0n) is 9.96. The maximum absolute atomic E-state index is 11.6. The molecule has 0 saturated carbocycles. The zero-order valence-corrected chi connectivity index (χ0v) is 10.8. The first-order chi connectivity index (χ1) is 8.75. The molecule has 0 radical (unpaired) electrons. The fraction of sp³-hybridized carbons (Fsp3) is 0.250. The Bertz CT molecular complexity index is 486. The highest BCUT2D eigenvalue weighted by Crippen LogP contribution is 2.13. The number of amides is 2. The monoisotopic (exact) mass is 262 g/mol. The molecule has 1 aromatic heterocycles. The van der Waals surface area contributed by atoms with Crippen molar-refractivity contribution in [3.05, 3.63) is 41.4 Å². The minimum absolute atomic E-state index is 0.255. The van der Waals surface area contributed by atoms with Crippen LogP contribution in [0.4, 0.5) is 9.93 Å². The van der Waals surface area contributed by atoms with Crippen LogP contribution in [0.3, 0.4) is 0 Å². The van der Waals surface area contributed by atoms with Crippen LogP contribution in [0, 0.1) is 0 Å². The number of urea groups is 1. The molecule has 0 unspecified atom stereocenters. The Kier molecular flexibility index (Phi) is 4.25. The first-order valence-corrected chi connectivity index (χ1v) is 6.49. The maximum Gasteiger partial charge on any atom is 0.321 e. The molecule has 1 aromatic carbocycles. The minimum Gasteiger partial charge on any atom is -0.337 e. The van der Waals surface area contributed by atoms with Crippen LogP contribution in [0.25, 0.3) is 0 Å². The van der Waals surface area contributed by atoms with Gasteiger partial charge in [-0.2, -0.15) is 0 Å². The minimum atomic E-state index is -0.255. The molecule has 1 atom stereocenters. The van der Waals surface area contributed by atoms with E-state index in [0.717, 1.165) is 0 Å². The number of hydrogen-bond donors (Lipinski definition) is 2. The van der Waals surface area contributed by atoms with Gasteiger partial charge in [-0.25, -0.2) is 4.79 Å². The lowest BCUT2D eigenvalue weighted by molar-refractivity contribution is 0.251. The first-order valence-electron chi connectivity index (χ1n) is 5.61. The fourth-order valence-corrected chi connectivity index (χ4v) is 1.95. The smallest absolute Gasteiger partial charge is 0.321 e. The summed E-state index contributed by atoms with van der Waals surface area (Å²) in [6.45, 7) is 2.65. The molecule has 1 heterocycles. The summed E-state index contributed by atoms with van der Waals surface area (Å²) in [5.41, 5.74) is 2.77. The van der Waals surface area contributed by atoms with Crippen molar-refractivity contribution >= 4 is 22.5 Å². The van der Waals surface area contributed by atoms with E-state index >= 15 is 0 Å². The molecule has 0 aliphatic carbocycles. The van der Waals surface area contributed by atoms with Crippen LogP contribution in [-0.4, -0.2) is 22.8 Å². The second-order valence-electron chi connectivity index (χ2n) is 3.89. The third-order valence-corrected chi connectivity index (χ3v) is 3.12. The molecule has 0 fully saturated rings. The lowest BCUT2D eigenvalue weighted by atomic mass is 10.0. The molecule has 0 saturated heterocycles. The van der Waals surface area contributed by atoms with Gasteiger partial charge in [0.05, 0.1) is 0 Å². The van der Waals surface area contributed by atoms with Crippen molar-refractivity contribution in [3.63, 3.8) is 0 Å². The topological polar surface area (TPSA) is 66.9 Å². The van der Waals surface area contributed by atoms with Crippen molar-refractivity contribution in [1.29, 1.82) is 0 Å². The highest BCUT2D eigenvalue weighted by Gasteiger charge is 2.08. The van der Waals surface area contributed by atoms with Gasteiger partial charge in [0.1, 0.15) is 5.51 Å². The molecule has 0 aliphatic rings. The van der Waals surface area contributed by atoms with Gasteiger partial charge >= 0.3 is 6.03 Å². The molecular formula is C12H14N4OS. The fourth-order valence-electron chi connectivity index (χ4n) is 1.51. The van der Waals surface area contributed by atoms with Gasteiger partial charge in [-0.15, -0.1) is 10.2 Å². The Balaban J connectivity index is 1.79. The van der Waals surface area contributed by atoms with E-state index in [-0.39, 0.29) is 11.9 Å². The summed E-state index contributed by atoms with van der Waals surface area (Å²) in [4.78, 5) is 11.6. The van der Waals surface area contributed by atoms with E-state index in [4.69, 9.17) is 0 Å². The molecule has 0 aliphatic heterocycles. The van der Waals surface area contributed by atoms with Gasteiger partial charge < -0.3 is 5.32 Å². The summed E-state index contributed by atoms with van der Waals surface area (Å²) >= 11 is 1.29. The molecule has 6 heteroatoms. The van der Waals surface area contributed by atoms with Gasteiger partial charge in [0.25, 0.3) is 0 Å². The molecule has 2 rings (SSSR count). The number of benzene rings is 1. The molecule has 94 valence electrons. The molecule has 2 amide bonds. The third kappa shape index (κ3) is 3.53. The van der Waals surface area contributed by atoms with E-state index in [1.807, 2.05) is 18.2 Å². The van der Waals surface area contributed by atoms with Gasteiger partial charge in [-0.05, 0) is 11.5 Å². The number of hydrogen-bond acceptors (Lipinski definition) is 4. The summed E-state index contributed by atoms with van der Waals surface area (Å²) in [6, 6.07) is 9.81. The third-order valence-electron chi connectivity index (χ3n) is 2.52. The van der Waals surface area contributed by atoms with Crippen molar-refractivity contribution < 1.29 is 4.79 Å². The van der Waals surface area contributed by atoms with Gasteiger partial charge in [-0.1, -0.05) is 48.6 Å². The molecule has 0 spiro atoms. The largest absolute Gasteiger partial charge is 0.337 e. The normalized spacial score (nSPS) is 11.8. The highest BCUT2D eigenvalue weighted by atomic mass is 32.1. The van der Waals surface area contributed by atoms with E-state index in [9.17, 15) is 4.79 Å². The lowest BCUT2D eigenvalue weighted by Gasteiger charge is -2.12. The van der Waals surface area contributed by atoms with Crippen molar-refractivity contribution in [3.8, 4) is 0 Å². The molecule has 5 nitrogen and oxygen atoms in total. The number of anilines is 1. The van der Waals surface area contributed by atoms with Gasteiger partial charge in [-0.3, -0.25) is 5.32 Å². The Morgan fingerprint density at radius 2 is 2.17 bits per heavy atom. The van der Waals surface area contributed by atoms with E-state index < -0.39 is 0 Å². The summed E-state index contributed by atoms with van der Waals surface area (Å²) in [6.07, 6.45) is 0. The van der Waals surface area contributed by atoms with Crippen molar-refractivity contribution in [1.82, 2.24) is 15.5 Å². The van der Waals surface area contributed by atoms with Crippen LogP contribution in [0.1, 0.15) is 18.4 Å². The molecule has 2 N–H and O–H groups in total. The Morgan fingerprint density at radius 1 is 1.39 bits per heavy atom. The summed E-state index contributed by atoms with van der Waals surface area (Å²) in [7, 11) is 0. The second kappa shape index (κ2) is 6.11. The standard InChI is InChI=1S/C12H14N4OS/c1-9(10-5-3-2-4-6-10)7-13-11(17)15-12-16-14-8-18-12/h2-6,8-9H,7H2,1H3,(H2,13,15,16,17)/t9-/m1/s1. The van der Waals surface area contributed by atoms with Gasteiger partial charge in [0.2, 0.25) is 5.13 Å². The van der Waals surface area contributed by atoms with Crippen LogP contribution >= 0.6 is 11.3 Å². The lowest BCUT2D eigenvalue weighted by Crippen LogP contribution is -2.31. The average molecular weight is 262 g/mol. The number of nitrogens with one attached hydrogen (secondary N) is 2. The number of carbonyl (C=O) groups is 1. The van der Waals surface area contributed by atoms with E-state index in [0.29, 0.717) is 11.7 Å². The number of aromatic nitrogens is 2. The Hall–Kier alpha value is -1.95. The van der Waals surface area contributed by atoms with Crippen LogP contribution in [0.5, 0.6) is 0 Å². The van der Waals surface area contributed by atoms with E-state index in [1.165, 1.54) is 16.9 Å². The summed E-state index contributed by atoms with van der Waals surface area (Å²) < 4.78 is 0. The first kappa shape index (κ1) is 12.5. The van der Waals surface area contributed by atoms with E-state index in [1.54, 1.807) is 5.51 Å².